The second kappa shape index (κ2) is 8.84. The standard InChI is InChI=1S/C17H22N2O3S3/c1-12(2)16(19-25(21,22)15-5-4-10-24-15)17(20)18-11-13-6-8-14(23-3)9-7-13/h4-10,12,16,19H,11H2,1-3H3,(H,18,20). The van der Waals surface area contributed by atoms with Gasteiger partial charge in [-0.2, -0.15) is 4.72 Å². The number of sulfonamides is 1. The monoisotopic (exact) mass is 398 g/mol. The highest BCUT2D eigenvalue weighted by molar-refractivity contribution is 7.98. The second-order valence-electron chi connectivity index (χ2n) is 5.84. The van der Waals surface area contributed by atoms with Gasteiger partial charge >= 0.3 is 0 Å². The third-order valence-corrected chi connectivity index (χ3v) is 7.20. The molecule has 1 aromatic heterocycles. The van der Waals surface area contributed by atoms with Gasteiger partial charge in [0.1, 0.15) is 10.3 Å². The van der Waals surface area contributed by atoms with Crippen molar-refractivity contribution >= 4 is 39.0 Å². The molecule has 5 nitrogen and oxygen atoms in total. The molecule has 2 aromatic rings. The first kappa shape index (κ1) is 20.0. The van der Waals surface area contributed by atoms with E-state index in [2.05, 4.69) is 10.0 Å². The minimum atomic E-state index is -3.69. The number of hydrogen-bond donors (Lipinski definition) is 2. The minimum absolute atomic E-state index is 0.173. The van der Waals surface area contributed by atoms with Crippen LogP contribution < -0.4 is 10.0 Å². The lowest BCUT2D eigenvalue weighted by Gasteiger charge is -2.21. The van der Waals surface area contributed by atoms with Crippen LogP contribution in [0.4, 0.5) is 0 Å². The molecule has 0 saturated carbocycles. The molecule has 1 amide bonds. The molecule has 136 valence electrons. The fraction of sp³-hybridized carbons (Fsp3) is 0.353. The summed E-state index contributed by atoms with van der Waals surface area (Å²) in [5, 5.41) is 4.51. The van der Waals surface area contributed by atoms with Crippen LogP contribution in [0, 0.1) is 5.92 Å². The zero-order chi connectivity index (χ0) is 18.4. The Morgan fingerprint density at radius 2 is 1.88 bits per heavy atom. The van der Waals surface area contributed by atoms with Crippen molar-refractivity contribution in [2.24, 2.45) is 5.92 Å². The Balaban J connectivity index is 2.02. The summed E-state index contributed by atoms with van der Waals surface area (Å²) in [6.45, 7) is 3.99. The lowest BCUT2D eigenvalue weighted by molar-refractivity contribution is -0.123. The van der Waals surface area contributed by atoms with Crippen LogP contribution >= 0.6 is 23.1 Å². The lowest BCUT2D eigenvalue weighted by atomic mass is 10.0. The molecule has 8 heteroatoms. The average Bonchev–Trinajstić information content (AvgIpc) is 3.13. The molecule has 0 aliphatic carbocycles. The van der Waals surface area contributed by atoms with Crippen LogP contribution in [0.15, 0.2) is 50.9 Å². The van der Waals surface area contributed by atoms with Crippen LogP contribution in [-0.4, -0.2) is 26.6 Å². The van der Waals surface area contributed by atoms with E-state index in [9.17, 15) is 13.2 Å². The van der Waals surface area contributed by atoms with Gasteiger partial charge in [-0.3, -0.25) is 4.79 Å². The highest BCUT2D eigenvalue weighted by Gasteiger charge is 2.28. The number of nitrogens with one attached hydrogen (secondary N) is 2. The topological polar surface area (TPSA) is 75.3 Å². The van der Waals surface area contributed by atoms with Crippen molar-refractivity contribution in [3.8, 4) is 0 Å². The van der Waals surface area contributed by atoms with Crippen LogP contribution in [-0.2, 0) is 21.4 Å². The van der Waals surface area contributed by atoms with Gasteiger partial charge in [-0.15, -0.1) is 23.1 Å². The molecule has 1 atom stereocenters. The quantitative estimate of drug-likeness (QED) is 0.670. The maximum atomic E-state index is 12.5. The molecule has 25 heavy (non-hydrogen) atoms. The van der Waals surface area contributed by atoms with Crippen LogP contribution in [0.1, 0.15) is 19.4 Å². The van der Waals surface area contributed by atoms with Crippen LogP contribution in [0.3, 0.4) is 0 Å². The third kappa shape index (κ3) is 5.57. The van der Waals surface area contributed by atoms with E-state index < -0.39 is 16.1 Å². The van der Waals surface area contributed by atoms with E-state index in [4.69, 9.17) is 0 Å². The molecule has 0 aliphatic rings. The van der Waals surface area contributed by atoms with Crippen molar-refractivity contribution in [3.05, 3.63) is 47.3 Å². The van der Waals surface area contributed by atoms with E-state index in [0.29, 0.717) is 6.54 Å². The Labute approximate surface area is 157 Å². The molecule has 0 saturated heterocycles. The van der Waals surface area contributed by atoms with Crippen LogP contribution in [0.5, 0.6) is 0 Å². The van der Waals surface area contributed by atoms with Crippen molar-refractivity contribution in [2.45, 2.75) is 35.5 Å². The molecule has 1 heterocycles. The van der Waals surface area contributed by atoms with Gasteiger partial charge in [0.15, 0.2) is 0 Å². The van der Waals surface area contributed by atoms with Crippen LogP contribution in [0.25, 0.3) is 0 Å². The normalized spacial score (nSPS) is 13.0. The van der Waals surface area contributed by atoms with E-state index >= 15 is 0 Å². The summed E-state index contributed by atoms with van der Waals surface area (Å²) in [6.07, 6.45) is 2.00. The van der Waals surface area contributed by atoms with Crippen LogP contribution in [0.2, 0.25) is 0 Å². The van der Waals surface area contributed by atoms with Gasteiger partial charge in [-0.05, 0) is 41.3 Å². The van der Waals surface area contributed by atoms with E-state index in [0.717, 1.165) is 21.8 Å². The van der Waals surface area contributed by atoms with E-state index in [1.807, 2.05) is 44.4 Å². The largest absolute Gasteiger partial charge is 0.351 e. The summed E-state index contributed by atoms with van der Waals surface area (Å²) in [7, 11) is -3.69. The van der Waals surface area contributed by atoms with Gasteiger partial charge < -0.3 is 5.32 Å². The molecule has 0 aliphatic heterocycles. The SMILES string of the molecule is CSc1ccc(CNC(=O)C(NS(=O)(=O)c2cccs2)C(C)C)cc1. The maximum absolute atomic E-state index is 12.5. The first-order valence-electron chi connectivity index (χ1n) is 7.80. The molecule has 0 spiro atoms. The smallest absolute Gasteiger partial charge is 0.250 e. The van der Waals surface area contributed by atoms with Gasteiger partial charge in [0.2, 0.25) is 5.91 Å². The Morgan fingerprint density at radius 3 is 2.40 bits per heavy atom. The molecule has 0 fully saturated rings. The predicted molar refractivity (Wildman–Crippen MR) is 103 cm³/mol. The lowest BCUT2D eigenvalue weighted by Crippen LogP contribution is -2.49. The van der Waals surface area contributed by atoms with Crippen molar-refractivity contribution in [1.29, 1.82) is 0 Å². The zero-order valence-electron chi connectivity index (χ0n) is 14.4. The summed E-state index contributed by atoms with van der Waals surface area (Å²) in [6, 6.07) is 10.3. The molecular weight excluding hydrogens is 376 g/mol. The highest BCUT2D eigenvalue weighted by Crippen LogP contribution is 2.18. The van der Waals surface area contributed by atoms with Crippen molar-refractivity contribution in [2.75, 3.05) is 6.26 Å². The molecule has 0 bridgehead atoms. The summed E-state index contributed by atoms with van der Waals surface area (Å²) in [5.41, 5.74) is 0.967. The number of benzene rings is 1. The van der Waals surface area contributed by atoms with Gasteiger partial charge in [-0.1, -0.05) is 32.0 Å². The van der Waals surface area contributed by atoms with Gasteiger partial charge in [-0.25, -0.2) is 8.42 Å². The number of carbonyl (C=O) groups is 1. The van der Waals surface area contributed by atoms with E-state index in [-0.39, 0.29) is 16.0 Å². The van der Waals surface area contributed by atoms with Crippen molar-refractivity contribution in [1.82, 2.24) is 10.0 Å². The Hall–Kier alpha value is -1.35. The Morgan fingerprint density at radius 1 is 1.20 bits per heavy atom. The number of amides is 1. The minimum Gasteiger partial charge on any atom is -0.351 e. The number of carbonyl (C=O) groups excluding carboxylic acids is 1. The summed E-state index contributed by atoms with van der Waals surface area (Å²) in [4.78, 5) is 13.6. The first-order chi connectivity index (χ1) is 11.8. The molecule has 2 N–H and O–H groups in total. The average molecular weight is 399 g/mol. The summed E-state index contributed by atoms with van der Waals surface area (Å²) < 4.78 is 27.5. The molecule has 0 radical (unpaired) electrons. The molecular formula is C17H22N2O3S3. The maximum Gasteiger partial charge on any atom is 0.250 e. The fourth-order valence-electron chi connectivity index (χ4n) is 2.18. The van der Waals surface area contributed by atoms with Gasteiger partial charge in [0.05, 0.1) is 0 Å². The Kier molecular flexibility index (Phi) is 7.06. The second-order valence-corrected chi connectivity index (χ2v) is 9.61. The highest BCUT2D eigenvalue weighted by atomic mass is 32.2. The first-order valence-corrected chi connectivity index (χ1v) is 11.4. The van der Waals surface area contributed by atoms with E-state index in [1.54, 1.807) is 23.2 Å². The number of thioether (sulfide) groups is 1. The summed E-state index contributed by atoms with van der Waals surface area (Å²) >= 11 is 2.78. The summed E-state index contributed by atoms with van der Waals surface area (Å²) in [5.74, 6) is -0.502. The van der Waals surface area contributed by atoms with Gasteiger partial charge in [0, 0.05) is 11.4 Å². The molecule has 1 unspecified atom stereocenters. The Bertz CT molecular complexity index is 785. The third-order valence-electron chi connectivity index (χ3n) is 3.62. The number of hydrogen-bond acceptors (Lipinski definition) is 5. The van der Waals surface area contributed by atoms with Crippen molar-refractivity contribution < 1.29 is 13.2 Å². The molecule has 2 rings (SSSR count). The predicted octanol–water partition coefficient (Wildman–Crippen LogP) is 3.09. The number of rotatable bonds is 8. The fourth-order valence-corrected chi connectivity index (χ4v) is 4.94. The molecule has 1 aromatic carbocycles. The van der Waals surface area contributed by atoms with Crippen molar-refractivity contribution in [3.63, 3.8) is 0 Å². The number of thiophene rings is 1. The van der Waals surface area contributed by atoms with Gasteiger partial charge in [0.25, 0.3) is 10.0 Å². The zero-order valence-corrected chi connectivity index (χ0v) is 16.8. The van der Waals surface area contributed by atoms with E-state index in [1.165, 1.54) is 6.07 Å².